The number of carbonyl (C=O) groups is 1. The van der Waals surface area contributed by atoms with Gasteiger partial charge in [0.15, 0.2) is 11.5 Å². The van der Waals surface area contributed by atoms with Gasteiger partial charge in [-0.15, -0.1) is 0 Å². The lowest BCUT2D eigenvalue weighted by Crippen LogP contribution is -2.30. The van der Waals surface area contributed by atoms with E-state index in [-0.39, 0.29) is 5.91 Å². The molecule has 1 aromatic heterocycles. The Morgan fingerprint density at radius 1 is 1.00 bits per heavy atom. The van der Waals surface area contributed by atoms with Crippen molar-refractivity contribution in [1.82, 2.24) is 4.98 Å². The molecule has 6 heteroatoms. The molecule has 0 fully saturated rings. The standard InChI is InChI=1S/C23H23N3O3/c1-28-21-11-16-8-9-26(15-18(16)12-22(21)29-2)20-10-17(13-24-14-20)23(27)25-19-6-4-3-5-7-19/h3-7,10-14H,8-9,15H2,1-2H3,(H,25,27). The Kier molecular flexibility index (Phi) is 5.33. The molecular formula is C23H23N3O3. The average molecular weight is 389 g/mol. The number of aromatic nitrogens is 1. The summed E-state index contributed by atoms with van der Waals surface area (Å²) in [5.41, 5.74) is 4.66. The Morgan fingerprint density at radius 2 is 1.72 bits per heavy atom. The number of nitrogens with zero attached hydrogens (tertiary/aromatic N) is 2. The molecule has 2 heterocycles. The number of methoxy groups -OCH3 is 2. The van der Waals surface area contributed by atoms with Gasteiger partial charge in [-0.1, -0.05) is 18.2 Å². The smallest absolute Gasteiger partial charge is 0.257 e. The second-order valence-electron chi connectivity index (χ2n) is 6.90. The molecule has 0 saturated carbocycles. The monoisotopic (exact) mass is 389 g/mol. The van der Waals surface area contributed by atoms with Gasteiger partial charge in [0.05, 0.1) is 31.7 Å². The first-order chi connectivity index (χ1) is 14.2. The molecule has 1 N–H and O–H groups in total. The fraction of sp³-hybridized carbons (Fsp3) is 0.217. The van der Waals surface area contributed by atoms with Crippen molar-refractivity contribution in [3.63, 3.8) is 0 Å². The normalized spacial score (nSPS) is 12.8. The largest absolute Gasteiger partial charge is 0.493 e. The van der Waals surface area contributed by atoms with Gasteiger partial charge in [-0.25, -0.2) is 0 Å². The number of benzene rings is 2. The molecule has 1 aliphatic heterocycles. The third kappa shape index (κ3) is 4.01. The highest BCUT2D eigenvalue weighted by Gasteiger charge is 2.20. The number of anilines is 2. The van der Waals surface area contributed by atoms with Gasteiger partial charge in [-0.2, -0.15) is 0 Å². The van der Waals surface area contributed by atoms with E-state index < -0.39 is 0 Å². The van der Waals surface area contributed by atoms with E-state index >= 15 is 0 Å². The third-order valence-corrected chi connectivity index (χ3v) is 5.10. The van der Waals surface area contributed by atoms with E-state index in [9.17, 15) is 4.79 Å². The molecule has 0 spiro atoms. The van der Waals surface area contributed by atoms with E-state index in [2.05, 4.69) is 15.2 Å². The fourth-order valence-electron chi connectivity index (χ4n) is 3.55. The van der Waals surface area contributed by atoms with Gasteiger partial charge in [0.2, 0.25) is 0 Å². The second kappa shape index (κ2) is 8.22. The van der Waals surface area contributed by atoms with Gasteiger partial charge in [-0.3, -0.25) is 9.78 Å². The first kappa shape index (κ1) is 18.8. The van der Waals surface area contributed by atoms with Crippen LogP contribution in [-0.4, -0.2) is 31.7 Å². The van der Waals surface area contributed by atoms with Crippen LogP contribution < -0.4 is 19.7 Å². The number of pyridine rings is 1. The Bertz CT molecular complexity index is 1020. The lowest BCUT2D eigenvalue weighted by atomic mass is 9.98. The highest BCUT2D eigenvalue weighted by atomic mass is 16.5. The topological polar surface area (TPSA) is 63.7 Å². The number of ether oxygens (including phenoxy) is 2. The molecule has 0 unspecified atom stereocenters. The number of fused-ring (bicyclic) bond motifs is 1. The summed E-state index contributed by atoms with van der Waals surface area (Å²) < 4.78 is 10.9. The van der Waals surface area contributed by atoms with Crippen LogP contribution in [0.1, 0.15) is 21.5 Å². The average Bonchev–Trinajstić information content (AvgIpc) is 2.78. The maximum absolute atomic E-state index is 12.6. The van der Waals surface area contributed by atoms with Crippen molar-refractivity contribution in [3.05, 3.63) is 77.6 Å². The zero-order valence-electron chi connectivity index (χ0n) is 16.5. The van der Waals surface area contributed by atoms with E-state index in [0.29, 0.717) is 5.56 Å². The molecule has 148 valence electrons. The summed E-state index contributed by atoms with van der Waals surface area (Å²) in [6, 6.07) is 15.4. The zero-order valence-corrected chi connectivity index (χ0v) is 16.5. The lowest BCUT2D eigenvalue weighted by molar-refractivity contribution is 0.102. The predicted molar refractivity (Wildman–Crippen MR) is 113 cm³/mol. The number of carbonyl (C=O) groups excluding carboxylic acids is 1. The molecule has 1 amide bonds. The van der Waals surface area contributed by atoms with Crippen LogP contribution in [0, 0.1) is 0 Å². The Balaban J connectivity index is 1.54. The quantitative estimate of drug-likeness (QED) is 0.717. The van der Waals surface area contributed by atoms with Gasteiger partial charge in [0.1, 0.15) is 0 Å². The molecule has 0 saturated heterocycles. The summed E-state index contributed by atoms with van der Waals surface area (Å²) in [6.07, 6.45) is 4.27. The molecule has 0 aliphatic carbocycles. The van der Waals surface area contributed by atoms with Crippen molar-refractivity contribution in [2.75, 3.05) is 31.0 Å². The van der Waals surface area contributed by atoms with E-state index in [1.54, 1.807) is 26.6 Å². The molecular weight excluding hydrogens is 366 g/mol. The Morgan fingerprint density at radius 3 is 2.45 bits per heavy atom. The Labute approximate surface area is 170 Å². The molecule has 3 aromatic rings. The van der Waals surface area contributed by atoms with Gasteiger partial charge < -0.3 is 19.7 Å². The summed E-state index contributed by atoms with van der Waals surface area (Å²) in [4.78, 5) is 19.1. The van der Waals surface area contributed by atoms with Crippen LogP contribution >= 0.6 is 0 Å². The van der Waals surface area contributed by atoms with Crippen molar-refractivity contribution in [1.29, 1.82) is 0 Å². The van der Waals surface area contributed by atoms with E-state index in [4.69, 9.17) is 9.47 Å². The van der Waals surface area contributed by atoms with Crippen LogP contribution in [0.15, 0.2) is 60.9 Å². The van der Waals surface area contributed by atoms with E-state index in [1.807, 2.05) is 48.5 Å². The number of hydrogen-bond donors (Lipinski definition) is 1. The Hall–Kier alpha value is -3.54. The number of amides is 1. The maximum atomic E-state index is 12.6. The van der Waals surface area contributed by atoms with Gasteiger partial charge >= 0.3 is 0 Å². The highest BCUT2D eigenvalue weighted by molar-refractivity contribution is 6.04. The fourth-order valence-corrected chi connectivity index (χ4v) is 3.55. The minimum atomic E-state index is -0.172. The molecule has 0 atom stereocenters. The number of rotatable bonds is 5. The SMILES string of the molecule is COc1cc2c(cc1OC)CN(c1cncc(C(=O)Nc3ccccc3)c1)CC2. The van der Waals surface area contributed by atoms with Crippen LogP contribution in [-0.2, 0) is 13.0 Å². The minimum Gasteiger partial charge on any atom is -0.493 e. The first-order valence-corrected chi connectivity index (χ1v) is 9.48. The van der Waals surface area contributed by atoms with Crippen molar-refractivity contribution >= 4 is 17.3 Å². The summed E-state index contributed by atoms with van der Waals surface area (Å²) >= 11 is 0. The van der Waals surface area contributed by atoms with Crippen molar-refractivity contribution in [2.45, 2.75) is 13.0 Å². The zero-order chi connectivity index (χ0) is 20.2. The summed E-state index contributed by atoms with van der Waals surface area (Å²) in [6.45, 7) is 1.56. The summed E-state index contributed by atoms with van der Waals surface area (Å²) in [5, 5.41) is 2.90. The second-order valence-corrected chi connectivity index (χ2v) is 6.90. The molecule has 29 heavy (non-hydrogen) atoms. The van der Waals surface area contributed by atoms with Gasteiger partial charge in [0.25, 0.3) is 5.91 Å². The molecule has 6 nitrogen and oxygen atoms in total. The summed E-state index contributed by atoms with van der Waals surface area (Å²) in [5.74, 6) is 1.30. The third-order valence-electron chi connectivity index (χ3n) is 5.10. The molecule has 4 rings (SSSR count). The molecule has 1 aliphatic rings. The predicted octanol–water partition coefficient (Wildman–Crippen LogP) is 3.91. The van der Waals surface area contributed by atoms with Crippen LogP contribution in [0.3, 0.4) is 0 Å². The van der Waals surface area contributed by atoms with Crippen molar-refractivity contribution in [2.24, 2.45) is 0 Å². The molecule has 0 radical (unpaired) electrons. The van der Waals surface area contributed by atoms with Crippen LogP contribution in [0.5, 0.6) is 11.5 Å². The molecule has 0 bridgehead atoms. The van der Waals surface area contributed by atoms with Crippen LogP contribution in [0.4, 0.5) is 11.4 Å². The number of nitrogens with one attached hydrogen (secondary N) is 1. The maximum Gasteiger partial charge on any atom is 0.257 e. The number of para-hydroxylation sites is 1. The number of hydrogen-bond acceptors (Lipinski definition) is 5. The van der Waals surface area contributed by atoms with E-state index in [0.717, 1.165) is 42.4 Å². The first-order valence-electron chi connectivity index (χ1n) is 9.48. The van der Waals surface area contributed by atoms with Crippen molar-refractivity contribution < 1.29 is 14.3 Å². The summed E-state index contributed by atoms with van der Waals surface area (Å²) in [7, 11) is 3.29. The molecule has 2 aromatic carbocycles. The van der Waals surface area contributed by atoms with E-state index in [1.165, 1.54) is 11.1 Å². The van der Waals surface area contributed by atoms with Gasteiger partial charge in [0, 0.05) is 25.0 Å². The van der Waals surface area contributed by atoms with Crippen LogP contribution in [0.25, 0.3) is 0 Å². The van der Waals surface area contributed by atoms with Crippen LogP contribution in [0.2, 0.25) is 0 Å². The minimum absolute atomic E-state index is 0.172. The highest BCUT2D eigenvalue weighted by Crippen LogP contribution is 2.34. The van der Waals surface area contributed by atoms with Gasteiger partial charge in [-0.05, 0) is 47.9 Å². The van der Waals surface area contributed by atoms with Crippen molar-refractivity contribution in [3.8, 4) is 11.5 Å². The lowest BCUT2D eigenvalue weighted by Gasteiger charge is -2.31.